The Labute approximate surface area is 160 Å². The molecule has 0 aliphatic carbocycles. The van der Waals surface area contributed by atoms with Crippen LogP contribution in [0, 0.1) is 6.92 Å². The number of anilines is 2. The van der Waals surface area contributed by atoms with Crippen molar-refractivity contribution in [2.75, 3.05) is 36.5 Å². The summed E-state index contributed by atoms with van der Waals surface area (Å²) in [5, 5.41) is 6.30. The van der Waals surface area contributed by atoms with Crippen molar-refractivity contribution in [2.45, 2.75) is 20.8 Å². The number of ether oxygens (including phenoxy) is 1. The Morgan fingerprint density at radius 1 is 1.12 bits per heavy atom. The Kier molecular flexibility index (Phi) is 7.60. The van der Waals surface area contributed by atoms with E-state index in [9.17, 15) is 4.79 Å². The van der Waals surface area contributed by atoms with Crippen molar-refractivity contribution in [3.8, 4) is 5.75 Å². The van der Waals surface area contributed by atoms with E-state index >= 15 is 0 Å². The van der Waals surface area contributed by atoms with Crippen molar-refractivity contribution in [3.05, 3.63) is 53.1 Å². The molecule has 2 aromatic rings. The summed E-state index contributed by atoms with van der Waals surface area (Å²) in [5.74, 6) is 0.737. The number of hydrogen-bond acceptors (Lipinski definition) is 3. The number of hydrogen-bond donors (Lipinski definition) is 2. The molecule has 2 aromatic carbocycles. The van der Waals surface area contributed by atoms with Crippen LogP contribution < -0.4 is 20.3 Å². The molecule has 2 N–H and O–H groups in total. The molecule has 0 aromatic heterocycles. The summed E-state index contributed by atoms with van der Waals surface area (Å²) >= 11 is 5.98. The van der Waals surface area contributed by atoms with Crippen LogP contribution in [0.1, 0.15) is 19.4 Å². The Bertz CT molecular complexity index is 715. The average molecular weight is 376 g/mol. The number of nitrogens with zero attached hydrogens (tertiary/aromatic N) is 1. The van der Waals surface area contributed by atoms with Gasteiger partial charge in [-0.2, -0.15) is 0 Å². The third-order valence-corrected chi connectivity index (χ3v) is 4.46. The molecule has 0 fully saturated rings. The van der Waals surface area contributed by atoms with Crippen LogP contribution in [0.2, 0.25) is 5.02 Å². The molecule has 0 atom stereocenters. The molecular weight excluding hydrogens is 350 g/mol. The molecule has 6 heteroatoms. The number of benzene rings is 2. The predicted octanol–water partition coefficient (Wildman–Crippen LogP) is 4.70. The van der Waals surface area contributed by atoms with E-state index in [2.05, 4.69) is 29.4 Å². The number of rotatable bonds is 8. The highest BCUT2D eigenvalue weighted by Crippen LogP contribution is 2.21. The molecule has 0 saturated carbocycles. The number of nitrogens with one attached hydrogen (secondary N) is 2. The van der Waals surface area contributed by atoms with Crippen molar-refractivity contribution in [1.29, 1.82) is 0 Å². The van der Waals surface area contributed by atoms with E-state index in [4.69, 9.17) is 16.3 Å². The second-order valence-corrected chi connectivity index (χ2v) is 6.27. The zero-order valence-electron chi connectivity index (χ0n) is 15.5. The number of aryl methyl sites for hydroxylation is 1. The third-order valence-electron chi connectivity index (χ3n) is 4.04. The van der Waals surface area contributed by atoms with Crippen LogP contribution in [0.15, 0.2) is 42.5 Å². The monoisotopic (exact) mass is 375 g/mol. The van der Waals surface area contributed by atoms with Gasteiger partial charge in [0.2, 0.25) is 0 Å². The molecule has 0 aliphatic heterocycles. The minimum absolute atomic E-state index is 0.253. The van der Waals surface area contributed by atoms with Crippen molar-refractivity contribution < 1.29 is 9.53 Å². The van der Waals surface area contributed by atoms with Crippen LogP contribution in [-0.2, 0) is 0 Å². The standard InChI is InChI=1S/C20H26ClN3O2/c1-4-24(5-2)17-8-6-16(7-9-17)23-20(25)22-12-13-26-18-10-11-19(21)15(3)14-18/h6-11,14H,4-5,12-13H2,1-3H3,(H2,22,23,25). The molecule has 0 spiro atoms. The summed E-state index contributed by atoms with van der Waals surface area (Å²) < 4.78 is 5.60. The third kappa shape index (κ3) is 5.85. The summed E-state index contributed by atoms with van der Waals surface area (Å²) in [6, 6.07) is 13.1. The first-order valence-electron chi connectivity index (χ1n) is 8.82. The fourth-order valence-corrected chi connectivity index (χ4v) is 2.68. The van der Waals surface area contributed by atoms with E-state index < -0.39 is 0 Å². The molecule has 0 heterocycles. The quantitative estimate of drug-likeness (QED) is 0.658. The maximum atomic E-state index is 11.9. The Morgan fingerprint density at radius 2 is 1.81 bits per heavy atom. The average Bonchev–Trinajstić information content (AvgIpc) is 2.64. The lowest BCUT2D eigenvalue weighted by Crippen LogP contribution is -2.32. The first-order chi connectivity index (χ1) is 12.5. The van der Waals surface area contributed by atoms with Gasteiger partial charge in [0.1, 0.15) is 12.4 Å². The summed E-state index contributed by atoms with van der Waals surface area (Å²) in [6.45, 7) is 8.87. The van der Waals surface area contributed by atoms with Crippen molar-refractivity contribution in [3.63, 3.8) is 0 Å². The highest BCUT2D eigenvalue weighted by molar-refractivity contribution is 6.31. The van der Waals surface area contributed by atoms with Gasteiger partial charge >= 0.3 is 6.03 Å². The Hall–Kier alpha value is -2.40. The second-order valence-electron chi connectivity index (χ2n) is 5.86. The summed E-state index contributed by atoms with van der Waals surface area (Å²) in [4.78, 5) is 14.2. The molecule has 0 bridgehead atoms. The summed E-state index contributed by atoms with van der Waals surface area (Å²) in [6.07, 6.45) is 0. The van der Waals surface area contributed by atoms with Gasteiger partial charge in [-0.25, -0.2) is 4.79 Å². The van der Waals surface area contributed by atoms with Gasteiger partial charge < -0.3 is 20.3 Å². The van der Waals surface area contributed by atoms with Gasteiger partial charge in [-0.1, -0.05) is 11.6 Å². The summed E-state index contributed by atoms with van der Waals surface area (Å²) in [7, 11) is 0. The molecule has 2 amide bonds. The number of halogens is 1. The van der Waals surface area contributed by atoms with Gasteiger partial charge in [-0.15, -0.1) is 0 Å². The highest BCUT2D eigenvalue weighted by atomic mass is 35.5. The van der Waals surface area contributed by atoms with Gasteiger partial charge in [0.15, 0.2) is 0 Å². The fourth-order valence-electron chi connectivity index (χ4n) is 2.56. The smallest absolute Gasteiger partial charge is 0.319 e. The minimum atomic E-state index is -0.253. The lowest BCUT2D eigenvalue weighted by atomic mass is 10.2. The fraction of sp³-hybridized carbons (Fsp3) is 0.350. The first kappa shape index (κ1) is 19.9. The molecule has 0 radical (unpaired) electrons. The second kappa shape index (κ2) is 9.92. The van der Waals surface area contributed by atoms with E-state index in [-0.39, 0.29) is 6.03 Å². The van der Waals surface area contributed by atoms with Gasteiger partial charge in [-0.3, -0.25) is 0 Å². The van der Waals surface area contributed by atoms with Crippen molar-refractivity contribution in [2.24, 2.45) is 0 Å². The van der Waals surface area contributed by atoms with Gasteiger partial charge in [0.05, 0.1) is 6.54 Å². The zero-order valence-corrected chi connectivity index (χ0v) is 16.3. The zero-order chi connectivity index (χ0) is 18.9. The van der Waals surface area contributed by atoms with Gasteiger partial charge in [0.25, 0.3) is 0 Å². The van der Waals surface area contributed by atoms with Gasteiger partial charge in [-0.05, 0) is 68.8 Å². The van der Waals surface area contributed by atoms with Crippen LogP contribution >= 0.6 is 11.6 Å². The highest BCUT2D eigenvalue weighted by Gasteiger charge is 2.04. The van der Waals surface area contributed by atoms with Crippen LogP contribution in [0.3, 0.4) is 0 Å². The topological polar surface area (TPSA) is 53.6 Å². The molecule has 0 aliphatic rings. The number of carbonyl (C=O) groups is 1. The summed E-state index contributed by atoms with van der Waals surface area (Å²) in [5.41, 5.74) is 2.86. The Morgan fingerprint density at radius 3 is 2.42 bits per heavy atom. The molecule has 26 heavy (non-hydrogen) atoms. The van der Waals surface area contributed by atoms with Crippen molar-refractivity contribution >= 4 is 29.0 Å². The molecule has 2 rings (SSSR count). The maximum Gasteiger partial charge on any atom is 0.319 e. The number of amides is 2. The molecular formula is C20H26ClN3O2. The maximum absolute atomic E-state index is 11.9. The molecule has 140 valence electrons. The SMILES string of the molecule is CCN(CC)c1ccc(NC(=O)NCCOc2ccc(Cl)c(C)c2)cc1. The predicted molar refractivity (Wildman–Crippen MR) is 109 cm³/mol. The van der Waals surface area contributed by atoms with Gasteiger partial charge in [0, 0.05) is 29.5 Å². The largest absolute Gasteiger partial charge is 0.492 e. The Balaban J connectivity index is 1.73. The van der Waals surface area contributed by atoms with E-state index in [0.29, 0.717) is 18.2 Å². The van der Waals surface area contributed by atoms with E-state index in [1.807, 2.05) is 43.3 Å². The van der Waals surface area contributed by atoms with Crippen molar-refractivity contribution in [1.82, 2.24) is 5.32 Å². The molecule has 0 saturated heterocycles. The van der Waals surface area contributed by atoms with E-state index in [0.717, 1.165) is 35.8 Å². The van der Waals surface area contributed by atoms with Crippen LogP contribution in [0.5, 0.6) is 5.75 Å². The number of urea groups is 1. The normalized spacial score (nSPS) is 10.3. The lowest BCUT2D eigenvalue weighted by Gasteiger charge is -2.21. The molecule has 5 nitrogen and oxygen atoms in total. The van der Waals surface area contributed by atoms with Crippen LogP contribution in [0.25, 0.3) is 0 Å². The van der Waals surface area contributed by atoms with E-state index in [1.165, 1.54) is 0 Å². The molecule has 0 unspecified atom stereocenters. The van der Waals surface area contributed by atoms with E-state index in [1.54, 1.807) is 6.07 Å². The number of carbonyl (C=O) groups excluding carboxylic acids is 1. The first-order valence-corrected chi connectivity index (χ1v) is 9.20. The lowest BCUT2D eigenvalue weighted by molar-refractivity contribution is 0.247. The minimum Gasteiger partial charge on any atom is -0.492 e. The van der Waals surface area contributed by atoms with Crippen LogP contribution in [-0.4, -0.2) is 32.3 Å². The van der Waals surface area contributed by atoms with Crippen LogP contribution in [0.4, 0.5) is 16.2 Å².